The smallest absolute Gasteiger partial charge is 0.145 e. The fraction of sp³-hybridized carbons (Fsp3) is 0.882. The van der Waals surface area contributed by atoms with Crippen LogP contribution in [0.5, 0.6) is 0 Å². The van der Waals surface area contributed by atoms with E-state index in [0.717, 1.165) is 0 Å². The number of hydrogen-bond donors (Lipinski definition) is 0. The summed E-state index contributed by atoms with van der Waals surface area (Å²) in [6.45, 7) is 20.0. The van der Waals surface area contributed by atoms with Gasteiger partial charge in [0, 0.05) is 4.91 Å². The molecular weight excluding hydrogens is 290 g/mol. The lowest BCUT2D eigenvalue weighted by atomic mass is 10.2. The Kier molecular flexibility index (Phi) is 8.25. The summed E-state index contributed by atoms with van der Waals surface area (Å²) in [6.07, 6.45) is 0. The molecule has 1 atom stereocenters. The zero-order valence-corrected chi connectivity index (χ0v) is 16.8. The van der Waals surface area contributed by atoms with E-state index in [1.54, 1.807) is 0 Å². The van der Waals surface area contributed by atoms with Crippen molar-refractivity contribution < 1.29 is 4.74 Å². The predicted molar refractivity (Wildman–Crippen MR) is 97.5 cm³/mol. The van der Waals surface area contributed by atoms with E-state index in [4.69, 9.17) is 10.3 Å². The molecule has 0 rings (SSSR count). The lowest BCUT2D eigenvalue weighted by molar-refractivity contribution is -0.00420. The largest absolute Gasteiger partial charge is 0.374 e. The Balaban J connectivity index is 5.49. The molecule has 0 spiro atoms. The van der Waals surface area contributed by atoms with Crippen LogP contribution in [0.4, 0.5) is 0 Å². The van der Waals surface area contributed by atoms with Crippen molar-refractivity contribution in [2.75, 3.05) is 6.61 Å². The highest BCUT2D eigenvalue weighted by Gasteiger charge is 2.41. The maximum absolute atomic E-state index is 8.77. The van der Waals surface area contributed by atoms with Gasteiger partial charge in [-0.15, -0.1) is 5.54 Å². The molecule has 0 unspecified atom stereocenters. The van der Waals surface area contributed by atoms with Crippen LogP contribution >= 0.6 is 0 Å². The highest BCUT2D eigenvalue weighted by molar-refractivity contribution is 6.90. The van der Waals surface area contributed by atoms with Gasteiger partial charge in [0.15, 0.2) is 0 Å². The van der Waals surface area contributed by atoms with Gasteiger partial charge in [-0.3, -0.25) is 0 Å². The summed E-state index contributed by atoms with van der Waals surface area (Å²) in [5, 5.41) is 3.81. The minimum absolute atomic E-state index is 0.256. The van der Waals surface area contributed by atoms with E-state index in [9.17, 15) is 0 Å². The lowest BCUT2D eigenvalue weighted by Gasteiger charge is -2.38. The van der Waals surface area contributed by atoms with Crippen LogP contribution in [0.15, 0.2) is 5.11 Å². The Labute approximate surface area is 137 Å². The van der Waals surface area contributed by atoms with Crippen molar-refractivity contribution in [1.82, 2.24) is 0 Å². The molecule has 0 N–H and O–H groups in total. The maximum atomic E-state index is 8.77. The first-order chi connectivity index (χ1) is 9.97. The molecule has 0 amide bonds. The Bertz CT molecular complexity index is 427. The Morgan fingerprint density at radius 3 is 1.82 bits per heavy atom. The van der Waals surface area contributed by atoms with E-state index in [1.165, 1.54) is 0 Å². The van der Waals surface area contributed by atoms with Crippen LogP contribution in [-0.4, -0.2) is 26.3 Å². The first-order valence-electron chi connectivity index (χ1n) is 8.18. The SMILES string of the molecule is CC(C)[Si](C#C[C@H](COC(C)(C)C)N=[N+]=[N-])(C(C)C)C(C)C. The average Bonchev–Trinajstić information content (AvgIpc) is 2.34. The summed E-state index contributed by atoms with van der Waals surface area (Å²) in [5.74, 6) is 3.24. The van der Waals surface area contributed by atoms with Gasteiger partial charge in [-0.2, -0.15) is 0 Å². The molecule has 0 aliphatic rings. The molecule has 5 heteroatoms. The molecular formula is C17H33N3OSi. The van der Waals surface area contributed by atoms with Gasteiger partial charge in [0.05, 0.1) is 12.2 Å². The maximum Gasteiger partial charge on any atom is 0.145 e. The number of rotatable bonds is 6. The van der Waals surface area contributed by atoms with Crippen LogP contribution < -0.4 is 0 Å². The second-order valence-electron chi connectivity index (χ2n) is 7.81. The van der Waals surface area contributed by atoms with Crippen LogP contribution in [0.1, 0.15) is 62.3 Å². The second kappa shape index (κ2) is 8.62. The van der Waals surface area contributed by atoms with Crippen molar-refractivity contribution in [2.45, 2.75) is 90.6 Å². The summed E-state index contributed by atoms with van der Waals surface area (Å²) in [4.78, 5) is 2.93. The molecule has 0 bridgehead atoms. The van der Waals surface area contributed by atoms with Gasteiger partial charge >= 0.3 is 0 Å². The van der Waals surface area contributed by atoms with Crippen molar-refractivity contribution in [2.24, 2.45) is 5.11 Å². The Morgan fingerprint density at radius 1 is 1.05 bits per heavy atom. The second-order valence-corrected chi connectivity index (χ2v) is 13.4. The standard InChI is InChI=1S/C17H33N3OSi/c1-13(2)22(14(3)4,15(5)6)11-10-16(19-20-18)12-21-17(7,8)9/h13-16H,12H2,1-9H3/t16-/m1/s1. The van der Waals surface area contributed by atoms with Gasteiger partial charge in [0.2, 0.25) is 0 Å². The lowest BCUT2D eigenvalue weighted by Crippen LogP contribution is -2.43. The van der Waals surface area contributed by atoms with Crippen molar-refractivity contribution in [3.63, 3.8) is 0 Å². The van der Waals surface area contributed by atoms with Crippen LogP contribution in [0.3, 0.4) is 0 Å². The first kappa shape index (κ1) is 21.0. The van der Waals surface area contributed by atoms with Crippen LogP contribution in [0, 0.1) is 11.5 Å². The van der Waals surface area contributed by atoms with E-state index in [2.05, 4.69) is 63.0 Å². The van der Waals surface area contributed by atoms with Gasteiger partial charge in [-0.25, -0.2) is 0 Å². The van der Waals surface area contributed by atoms with Crippen LogP contribution in [0.25, 0.3) is 10.4 Å². The molecule has 0 aromatic rings. The van der Waals surface area contributed by atoms with Gasteiger partial charge in [0.1, 0.15) is 14.1 Å². The molecule has 0 aliphatic heterocycles. The third-order valence-electron chi connectivity index (χ3n) is 4.19. The van der Waals surface area contributed by atoms with E-state index in [1.807, 2.05) is 20.8 Å². The number of ether oxygens (including phenoxy) is 1. The highest BCUT2D eigenvalue weighted by atomic mass is 28.3. The van der Waals surface area contributed by atoms with E-state index in [0.29, 0.717) is 23.2 Å². The fourth-order valence-corrected chi connectivity index (χ4v) is 8.42. The van der Waals surface area contributed by atoms with Crippen molar-refractivity contribution in [3.05, 3.63) is 10.4 Å². The number of azide groups is 1. The quantitative estimate of drug-likeness (QED) is 0.203. The molecule has 0 heterocycles. The molecule has 0 saturated heterocycles. The predicted octanol–water partition coefficient (Wildman–Crippen LogP) is 5.70. The Hall–Kier alpha value is -0.953. The van der Waals surface area contributed by atoms with Gasteiger partial charge in [-0.05, 0) is 42.9 Å². The summed E-state index contributed by atoms with van der Waals surface area (Å²) in [6, 6.07) is -0.410. The van der Waals surface area contributed by atoms with Crippen molar-refractivity contribution in [3.8, 4) is 11.5 Å². The van der Waals surface area contributed by atoms with Gasteiger partial charge < -0.3 is 4.74 Å². The minimum atomic E-state index is -1.79. The van der Waals surface area contributed by atoms with Gasteiger partial charge in [-0.1, -0.05) is 52.6 Å². The molecule has 0 radical (unpaired) electrons. The van der Waals surface area contributed by atoms with E-state index in [-0.39, 0.29) is 5.60 Å². The van der Waals surface area contributed by atoms with Crippen LogP contribution in [0.2, 0.25) is 16.6 Å². The third-order valence-corrected chi connectivity index (χ3v) is 10.5. The summed E-state index contributed by atoms with van der Waals surface area (Å²) in [5.41, 5.74) is 13.8. The first-order valence-corrected chi connectivity index (χ1v) is 10.4. The average molecular weight is 324 g/mol. The molecule has 0 aromatic heterocycles. The minimum Gasteiger partial charge on any atom is -0.374 e. The molecule has 0 aromatic carbocycles. The third kappa shape index (κ3) is 6.04. The molecule has 4 nitrogen and oxygen atoms in total. The topological polar surface area (TPSA) is 58.0 Å². The van der Waals surface area contributed by atoms with Crippen LogP contribution in [-0.2, 0) is 4.74 Å². The summed E-state index contributed by atoms with van der Waals surface area (Å²) >= 11 is 0. The number of hydrogen-bond acceptors (Lipinski definition) is 2. The zero-order valence-electron chi connectivity index (χ0n) is 15.8. The monoisotopic (exact) mass is 323 g/mol. The fourth-order valence-electron chi connectivity index (χ4n) is 3.14. The van der Waals surface area contributed by atoms with E-state index < -0.39 is 14.1 Å². The molecule has 0 saturated carbocycles. The molecule has 0 fully saturated rings. The molecule has 22 heavy (non-hydrogen) atoms. The molecule has 0 aliphatic carbocycles. The molecule has 126 valence electrons. The zero-order chi connectivity index (χ0) is 17.6. The Morgan fingerprint density at radius 2 is 1.50 bits per heavy atom. The number of nitrogens with zero attached hydrogens (tertiary/aromatic N) is 3. The van der Waals surface area contributed by atoms with Crippen molar-refractivity contribution in [1.29, 1.82) is 0 Å². The van der Waals surface area contributed by atoms with Gasteiger partial charge in [0.25, 0.3) is 0 Å². The van der Waals surface area contributed by atoms with Crippen molar-refractivity contribution >= 4 is 8.07 Å². The van der Waals surface area contributed by atoms with E-state index >= 15 is 0 Å². The summed E-state index contributed by atoms with van der Waals surface area (Å²) in [7, 11) is -1.79. The summed E-state index contributed by atoms with van der Waals surface area (Å²) < 4.78 is 5.74. The highest BCUT2D eigenvalue weighted by Crippen LogP contribution is 2.40. The normalized spacial score (nSPS) is 13.8.